The number of thioether (sulfide) groups is 1. The normalized spacial score (nSPS) is 13.9. The molecule has 0 spiro atoms. The molecular formula is C18H18FNOS. The van der Waals surface area contributed by atoms with E-state index in [1.165, 1.54) is 12.1 Å². The lowest BCUT2D eigenvalue weighted by atomic mass is 10.2. The molecule has 1 aliphatic rings. The first-order valence-electron chi connectivity index (χ1n) is 7.44. The smallest absolute Gasteiger partial charge is 0.233 e. The van der Waals surface area contributed by atoms with Gasteiger partial charge in [-0.2, -0.15) is 0 Å². The van der Waals surface area contributed by atoms with Crippen LogP contribution in [0.5, 0.6) is 0 Å². The number of halogens is 1. The first-order valence-corrected chi connectivity index (χ1v) is 8.43. The molecule has 0 heterocycles. The standard InChI is InChI=1S/C18H18FNOS/c19-15-6-4-5-14(11-15)12-20(16-9-10-16)18(21)13-22-17-7-2-1-3-8-17/h1-8,11,16H,9-10,12-13H2. The SMILES string of the molecule is O=C(CSc1ccccc1)N(Cc1cccc(F)c1)C1CC1. The number of hydrogen-bond donors (Lipinski definition) is 0. The van der Waals surface area contributed by atoms with Crippen molar-refractivity contribution in [2.75, 3.05) is 5.75 Å². The van der Waals surface area contributed by atoms with Crippen molar-refractivity contribution in [1.29, 1.82) is 0 Å². The molecule has 3 rings (SSSR count). The van der Waals surface area contributed by atoms with Gasteiger partial charge < -0.3 is 4.90 Å². The van der Waals surface area contributed by atoms with Gasteiger partial charge in [0, 0.05) is 17.5 Å². The summed E-state index contributed by atoms with van der Waals surface area (Å²) in [5.41, 5.74) is 0.852. The van der Waals surface area contributed by atoms with Gasteiger partial charge in [0.2, 0.25) is 5.91 Å². The molecule has 0 aliphatic heterocycles. The van der Waals surface area contributed by atoms with Gasteiger partial charge in [-0.25, -0.2) is 4.39 Å². The number of nitrogens with zero attached hydrogens (tertiary/aromatic N) is 1. The van der Waals surface area contributed by atoms with Crippen LogP contribution in [-0.4, -0.2) is 22.6 Å². The number of carbonyl (C=O) groups is 1. The Kier molecular flexibility index (Phi) is 4.78. The molecular weight excluding hydrogens is 297 g/mol. The second-order valence-electron chi connectivity index (χ2n) is 5.48. The van der Waals surface area contributed by atoms with Crippen LogP contribution in [0.2, 0.25) is 0 Å². The van der Waals surface area contributed by atoms with Crippen LogP contribution < -0.4 is 0 Å². The van der Waals surface area contributed by atoms with E-state index in [4.69, 9.17) is 0 Å². The fourth-order valence-corrected chi connectivity index (χ4v) is 3.19. The molecule has 0 radical (unpaired) electrons. The monoisotopic (exact) mass is 315 g/mol. The van der Waals surface area contributed by atoms with Crippen molar-refractivity contribution < 1.29 is 9.18 Å². The molecule has 2 aromatic rings. The number of rotatable bonds is 6. The van der Waals surface area contributed by atoms with Gasteiger partial charge in [-0.1, -0.05) is 30.3 Å². The summed E-state index contributed by atoms with van der Waals surface area (Å²) in [6.45, 7) is 0.497. The van der Waals surface area contributed by atoms with Gasteiger partial charge in [-0.3, -0.25) is 4.79 Å². The van der Waals surface area contributed by atoms with E-state index in [9.17, 15) is 9.18 Å². The van der Waals surface area contributed by atoms with Gasteiger partial charge in [0.1, 0.15) is 5.82 Å². The predicted octanol–water partition coefficient (Wildman–Crippen LogP) is 4.11. The summed E-state index contributed by atoms with van der Waals surface area (Å²) in [4.78, 5) is 15.5. The zero-order valence-corrected chi connectivity index (χ0v) is 13.1. The molecule has 2 nitrogen and oxygen atoms in total. The molecule has 0 aromatic heterocycles. The fraction of sp³-hybridized carbons (Fsp3) is 0.278. The van der Waals surface area contributed by atoms with Gasteiger partial charge >= 0.3 is 0 Å². The van der Waals surface area contributed by atoms with Crippen LogP contribution in [0, 0.1) is 5.82 Å². The lowest BCUT2D eigenvalue weighted by molar-refractivity contribution is -0.129. The van der Waals surface area contributed by atoms with Crippen molar-refractivity contribution in [3.8, 4) is 0 Å². The van der Waals surface area contributed by atoms with E-state index in [0.29, 0.717) is 18.3 Å². The quantitative estimate of drug-likeness (QED) is 0.748. The summed E-state index contributed by atoms with van der Waals surface area (Å²) in [7, 11) is 0. The van der Waals surface area contributed by atoms with Crippen molar-refractivity contribution in [2.45, 2.75) is 30.3 Å². The molecule has 22 heavy (non-hydrogen) atoms. The largest absolute Gasteiger partial charge is 0.335 e. The molecule has 0 N–H and O–H groups in total. The summed E-state index contributed by atoms with van der Waals surface area (Å²) in [6, 6.07) is 16.7. The van der Waals surface area contributed by atoms with Crippen LogP contribution >= 0.6 is 11.8 Å². The summed E-state index contributed by atoms with van der Waals surface area (Å²) >= 11 is 1.55. The summed E-state index contributed by atoms with van der Waals surface area (Å²) in [5, 5.41) is 0. The van der Waals surface area contributed by atoms with E-state index in [2.05, 4.69) is 0 Å². The van der Waals surface area contributed by atoms with Crippen molar-refractivity contribution >= 4 is 17.7 Å². The van der Waals surface area contributed by atoms with Crippen LogP contribution in [-0.2, 0) is 11.3 Å². The molecule has 0 bridgehead atoms. The molecule has 1 amide bonds. The van der Waals surface area contributed by atoms with E-state index in [1.54, 1.807) is 17.8 Å². The Bertz CT molecular complexity index is 643. The minimum Gasteiger partial charge on any atom is -0.335 e. The zero-order valence-electron chi connectivity index (χ0n) is 12.2. The molecule has 1 saturated carbocycles. The predicted molar refractivity (Wildman–Crippen MR) is 87.1 cm³/mol. The van der Waals surface area contributed by atoms with Crippen LogP contribution in [0.1, 0.15) is 18.4 Å². The molecule has 4 heteroatoms. The van der Waals surface area contributed by atoms with Crippen LogP contribution in [0.4, 0.5) is 4.39 Å². The Balaban J connectivity index is 1.62. The average molecular weight is 315 g/mol. The summed E-state index contributed by atoms with van der Waals surface area (Å²) < 4.78 is 13.3. The minimum atomic E-state index is -0.251. The maximum absolute atomic E-state index is 13.3. The molecule has 2 aromatic carbocycles. The van der Waals surface area contributed by atoms with E-state index in [-0.39, 0.29) is 11.7 Å². The van der Waals surface area contributed by atoms with E-state index in [0.717, 1.165) is 23.3 Å². The second-order valence-corrected chi connectivity index (χ2v) is 6.53. The van der Waals surface area contributed by atoms with Crippen molar-refractivity contribution in [3.63, 3.8) is 0 Å². The van der Waals surface area contributed by atoms with Crippen LogP contribution in [0.3, 0.4) is 0 Å². The molecule has 1 aliphatic carbocycles. The Morgan fingerprint density at radius 1 is 1.14 bits per heavy atom. The van der Waals surface area contributed by atoms with E-state index >= 15 is 0 Å². The third kappa shape index (κ3) is 4.10. The van der Waals surface area contributed by atoms with Gasteiger partial charge in [-0.15, -0.1) is 11.8 Å². The van der Waals surface area contributed by atoms with E-state index in [1.807, 2.05) is 41.3 Å². The average Bonchev–Trinajstić information content (AvgIpc) is 3.36. The van der Waals surface area contributed by atoms with Gasteiger partial charge in [0.25, 0.3) is 0 Å². The fourth-order valence-electron chi connectivity index (χ4n) is 2.38. The first-order chi connectivity index (χ1) is 10.7. The maximum Gasteiger partial charge on any atom is 0.233 e. The number of amides is 1. The first kappa shape index (κ1) is 15.1. The Labute approximate surface area is 134 Å². The third-order valence-corrected chi connectivity index (χ3v) is 4.65. The third-order valence-electron chi connectivity index (χ3n) is 3.66. The van der Waals surface area contributed by atoms with Crippen molar-refractivity contribution in [3.05, 3.63) is 66.0 Å². The zero-order chi connectivity index (χ0) is 15.4. The summed E-state index contributed by atoms with van der Waals surface area (Å²) in [5.74, 6) is 0.301. The van der Waals surface area contributed by atoms with Gasteiger partial charge in [-0.05, 0) is 42.7 Å². The van der Waals surface area contributed by atoms with Gasteiger partial charge in [0.15, 0.2) is 0 Å². The highest BCUT2D eigenvalue weighted by Gasteiger charge is 2.32. The topological polar surface area (TPSA) is 20.3 Å². The van der Waals surface area contributed by atoms with Gasteiger partial charge in [0.05, 0.1) is 5.75 Å². The maximum atomic E-state index is 13.3. The van der Waals surface area contributed by atoms with E-state index < -0.39 is 0 Å². The highest BCUT2D eigenvalue weighted by atomic mass is 32.2. The summed E-state index contributed by atoms with van der Waals surface area (Å²) in [6.07, 6.45) is 2.11. The van der Waals surface area contributed by atoms with Crippen LogP contribution in [0.25, 0.3) is 0 Å². The van der Waals surface area contributed by atoms with Crippen molar-refractivity contribution in [1.82, 2.24) is 4.90 Å². The molecule has 0 atom stereocenters. The second kappa shape index (κ2) is 6.97. The highest BCUT2D eigenvalue weighted by Crippen LogP contribution is 2.30. The minimum absolute atomic E-state index is 0.126. The number of benzene rings is 2. The highest BCUT2D eigenvalue weighted by molar-refractivity contribution is 8.00. The Morgan fingerprint density at radius 2 is 1.91 bits per heavy atom. The lowest BCUT2D eigenvalue weighted by Gasteiger charge is -2.22. The van der Waals surface area contributed by atoms with Crippen LogP contribution in [0.15, 0.2) is 59.5 Å². The molecule has 114 valence electrons. The number of hydrogen-bond acceptors (Lipinski definition) is 2. The Hall–Kier alpha value is -1.81. The lowest BCUT2D eigenvalue weighted by Crippen LogP contribution is -2.34. The molecule has 0 saturated heterocycles. The molecule has 1 fully saturated rings. The molecule has 0 unspecified atom stereocenters. The van der Waals surface area contributed by atoms with Crippen molar-refractivity contribution in [2.24, 2.45) is 0 Å². The number of carbonyl (C=O) groups excluding carboxylic acids is 1. The Morgan fingerprint density at radius 3 is 2.59 bits per heavy atom.